The van der Waals surface area contributed by atoms with E-state index in [0.717, 1.165) is 25.9 Å². The molecule has 0 bridgehead atoms. The number of hydrogen-bond donors (Lipinski definition) is 2. The van der Waals surface area contributed by atoms with Gasteiger partial charge in [-0.15, -0.1) is 11.6 Å². The molecule has 0 aromatic carbocycles. The van der Waals surface area contributed by atoms with Crippen LogP contribution in [0.4, 0.5) is 4.79 Å². The van der Waals surface area contributed by atoms with Crippen LogP contribution < -0.4 is 10.6 Å². The van der Waals surface area contributed by atoms with Crippen LogP contribution in [0.25, 0.3) is 0 Å². The zero-order chi connectivity index (χ0) is 12.2. The van der Waals surface area contributed by atoms with Crippen molar-refractivity contribution in [3.63, 3.8) is 0 Å². The lowest BCUT2D eigenvalue weighted by molar-refractivity contribution is -0.119. The van der Waals surface area contributed by atoms with Gasteiger partial charge in [0.25, 0.3) is 0 Å². The molecule has 0 aliphatic carbocycles. The van der Waals surface area contributed by atoms with E-state index in [4.69, 9.17) is 16.3 Å². The third-order valence-electron chi connectivity index (χ3n) is 1.89. The van der Waals surface area contributed by atoms with E-state index in [1.54, 1.807) is 7.11 Å². The first-order valence-corrected chi connectivity index (χ1v) is 5.86. The Hall–Kier alpha value is -0.810. The number of imide groups is 1. The number of unbranched alkanes of at least 4 members (excludes halogenated alkanes) is 2. The molecule has 0 aliphatic rings. The SMILES string of the molecule is COCCCCCNC(=O)NC(=O)CCCl. The molecular formula is C10H19ClN2O3. The lowest BCUT2D eigenvalue weighted by atomic mass is 10.2. The first-order valence-electron chi connectivity index (χ1n) is 5.33. The molecule has 0 heterocycles. The standard InChI is InChI=1S/C10H19ClN2O3/c1-16-8-4-2-3-7-12-10(15)13-9(14)5-6-11/h2-8H2,1H3,(H2,12,13,14,15). The van der Waals surface area contributed by atoms with E-state index < -0.39 is 6.03 Å². The average molecular weight is 251 g/mol. The van der Waals surface area contributed by atoms with E-state index in [9.17, 15) is 9.59 Å². The van der Waals surface area contributed by atoms with Gasteiger partial charge < -0.3 is 10.1 Å². The quantitative estimate of drug-likeness (QED) is 0.503. The van der Waals surface area contributed by atoms with Crippen LogP contribution in [0.3, 0.4) is 0 Å². The Labute approximate surface area is 101 Å². The lowest BCUT2D eigenvalue weighted by Gasteiger charge is -2.05. The van der Waals surface area contributed by atoms with Crippen molar-refractivity contribution in [1.29, 1.82) is 0 Å². The minimum atomic E-state index is -0.457. The highest BCUT2D eigenvalue weighted by atomic mass is 35.5. The van der Waals surface area contributed by atoms with Crippen molar-refractivity contribution in [3.05, 3.63) is 0 Å². The summed E-state index contributed by atoms with van der Waals surface area (Å²) in [6.07, 6.45) is 3.00. The van der Waals surface area contributed by atoms with Gasteiger partial charge in [-0.2, -0.15) is 0 Å². The molecule has 0 saturated heterocycles. The second-order valence-electron chi connectivity index (χ2n) is 3.30. The number of amides is 3. The number of carbonyl (C=O) groups excluding carboxylic acids is 2. The minimum Gasteiger partial charge on any atom is -0.385 e. The monoisotopic (exact) mass is 250 g/mol. The van der Waals surface area contributed by atoms with Gasteiger partial charge in [0, 0.05) is 32.6 Å². The van der Waals surface area contributed by atoms with Gasteiger partial charge in [-0.1, -0.05) is 0 Å². The maximum atomic E-state index is 11.1. The maximum Gasteiger partial charge on any atom is 0.321 e. The first-order chi connectivity index (χ1) is 7.70. The maximum absolute atomic E-state index is 11.1. The van der Waals surface area contributed by atoms with Crippen molar-refractivity contribution >= 4 is 23.5 Å². The van der Waals surface area contributed by atoms with Gasteiger partial charge in [0.05, 0.1) is 0 Å². The van der Waals surface area contributed by atoms with Crippen molar-refractivity contribution in [2.24, 2.45) is 0 Å². The van der Waals surface area contributed by atoms with Crippen LogP contribution in [0.2, 0.25) is 0 Å². The Morgan fingerprint density at radius 3 is 2.62 bits per heavy atom. The normalized spacial score (nSPS) is 9.88. The third-order valence-corrected chi connectivity index (χ3v) is 2.07. The molecule has 0 spiro atoms. The Morgan fingerprint density at radius 2 is 2.00 bits per heavy atom. The summed E-state index contributed by atoms with van der Waals surface area (Å²) in [5, 5.41) is 4.78. The van der Waals surface area contributed by atoms with Crippen LogP contribution in [0, 0.1) is 0 Å². The molecule has 0 aromatic rings. The second kappa shape index (κ2) is 10.7. The van der Waals surface area contributed by atoms with E-state index in [0.29, 0.717) is 6.54 Å². The molecule has 0 saturated carbocycles. The predicted molar refractivity (Wildman–Crippen MR) is 62.6 cm³/mol. The first kappa shape index (κ1) is 15.2. The number of nitrogens with one attached hydrogen (secondary N) is 2. The fourth-order valence-corrected chi connectivity index (χ4v) is 1.24. The Kier molecular flexibility index (Phi) is 10.2. The summed E-state index contributed by atoms with van der Waals surface area (Å²) in [5.41, 5.74) is 0. The molecule has 94 valence electrons. The van der Waals surface area contributed by atoms with E-state index in [-0.39, 0.29) is 18.2 Å². The van der Waals surface area contributed by atoms with Crippen LogP contribution >= 0.6 is 11.6 Å². The second-order valence-corrected chi connectivity index (χ2v) is 3.67. The van der Waals surface area contributed by atoms with Gasteiger partial charge in [0.1, 0.15) is 0 Å². The van der Waals surface area contributed by atoms with Gasteiger partial charge in [-0.05, 0) is 19.3 Å². The van der Waals surface area contributed by atoms with Crippen LogP contribution in [-0.2, 0) is 9.53 Å². The van der Waals surface area contributed by atoms with Crippen LogP contribution in [0.15, 0.2) is 0 Å². The Bertz CT molecular complexity index is 212. The van der Waals surface area contributed by atoms with E-state index in [1.165, 1.54) is 0 Å². The molecule has 0 fully saturated rings. The molecule has 0 atom stereocenters. The van der Waals surface area contributed by atoms with Crippen molar-refractivity contribution < 1.29 is 14.3 Å². The molecule has 6 heteroatoms. The fourth-order valence-electron chi connectivity index (χ4n) is 1.07. The molecule has 0 unspecified atom stereocenters. The Morgan fingerprint density at radius 1 is 1.25 bits per heavy atom. The van der Waals surface area contributed by atoms with Crippen LogP contribution in [0.1, 0.15) is 25.7 Å². The zero-order valence-electron chi connectivity index (χ0n) is 9.55. The molecule has 0 aromatic heterocycles. The molecule has 16 heavy (non-hydrogen) atoms. The largest absolute Gasteiger partial charge is 0.385 e. The third kappa shape index (κ3) is 9.73. The number of halogens is 1. The summed E-state index contributed by atoms with van der Waals surface area (Å²) in [4.78, 5) is 22.1. The van der Waals surface area contributed by atoms with E-state index in [1.807, 2.05) is 0 Å². The number of ether oxygens (including phenoxy) is 1. The predicted octanol–water partition coefficient (Wildman–Crippen LogP) is 1.26. The average Bonchev–Trinajstić information content (AvgIpc) is 2.23. The molecular weight excluding hydrogens is 232 g/mol. The number of methoxy groups -OCH3 is 1. The summed E-state index contributed by atoms with van der Waals surface area (Å²) in [6, 6.07) is -0.457. The Balaban J connectivity index is 3.33. The summed E-state index contributed by atoms with van der Waals surface area (Å²) in [6.45, 7) is 1.30. The smallest absolute Gasteiger partial charge is 0.321 e. The number of rotatable bonds is 8. The van der Waals surface area contributed by atoms with Gasteiger partial charge >= 0.3 is 6.03 Å². The van der Waals surface area contributed by atoms with Crippen molar-refractivity contribution in [2.75, 3.05) is 26.1 Å². The zero-order valence-corrected chi connectivity index (χ0v) is 10.3. The van der Waals surface area contributed by atoms with Gasteiger partial charge in [0.2, 0.25) is 5.91 Å². The highest BCUT2D eigenvalue weighted by molar-refractivity contribution is 6.19. The molecule has 2 N–H and O–H groups in total. The molecule has 3 amide bonds. The van der Waals surface area contributed by atoms with Crippen LogP contribution in [-0.4, -0.2) is 38.1 Å². The molecule has 0 rings (SSSR count). The summed E-state index contributed by atoms with van der Waals surface area (Å²) >= 11 is 5.35. The molecule has 0 aliphatic heterocycles. The highest BCUT2D eigenvalue weighted by Crippen LogP contribution is 1.93. The fraction of sp³-hybridized carbons (Fsp3) is 0.800. The van der Waals surface area contributed by atoms with E-state index >= 15 is 0 Å². The van der Waals surface area contributed by atoms with Gasteiger partial charge in [-0.25, -0.2) is 4.79 Å². The van der Waals surface area contributed by atoms with Crippen molar-refractivity contribution in [3.8, 4) is 0 Å². The van der Waals surface area contributed by atoms with Crippen molar-refractivity contribution in [1.82, 2.24) is 10.6 Å². The molecule has 0 radical (unpaired) electrons. The summed E-state index contributed by atoms with van der Waals surface area (Å²) < 4.78 is 4.89. The van der Waals surface area contributed by atoms with Gasteiger partial charge in [0.15, 0.2) is 0 Å². The van der Waals surface area contributed by atoms with E-state index in [2.05, 4.69) is 10.6 Å². The van der Waals surface area contributed by atoms with Crippen molar-refractivity contribution in [2.45, 2.75) is 25.7 Å². The number of carbonyl (C=O) groups is 2. The lowest BCUT2D eigenvalue weighted by Crippen LogP contribution is -2.39. The number of hydrogen-bond acceptors (Lipinski definition) is 3. The summed E-state index contributed by atoms with van der Waals surface area (Å²) in [7, 11) is 1.66. The number of alkyl halides is 1. The van der Waals surface area contributed by atoms with Crippen LogP contribution in [0.5, 0.6) is 0 Å². The van der Waals surface area contributed by atoms with Gasteiger partial charge in [-0.3, -0.25) is 10.1 Å². The molecule has 5 nitrogen and oxygen atoms in total. The summed E-state index contributed by atoms with van der Waals surface area (Å²) in [5.74, 6) is -0.136. The highest BCUT2D eigenvalue weighted by Gasteiger charge is 2.05. The number of urea groups is 1. The topological polar surface area (TPSA) is 67.4 Å². The minimum absolute atomic E-state index is 0.156.